The standard InChI is InChI=1S/C19H24N4O/c1-2-22-10-12-23(13-11-22)17-8-9-18(20-15-17)21-19(24)14-16-6-4-3-5-7-16/h3-9,15H,2,10-14H2,1H3,(H,20,21,24). The van der Waals surface area contributed by atoms with Crippen molar-refractivity contribution in [3.8, 4) is 0 Å². The van der Waals surface area contributed by atoms with E-state index in [1.54, 1.807) is 0 Å². The Hall–Kier alpha value is -2.40. The first-order valence-corrected chi connectivity index (χ1v) is 8.51. The summed E-state index contributed by atoms with van der Waals surface area (Å²) in [5.74, 6) is 0.560. The van der Waals surface area contributed by atoms with Crippen molar-refractivity contribution >= 4 is 17.4 Å². The van der Waals surface area contributed by atoms with Crippen LogP contribution in [0.2, 0.25) is 0 Å². The molecule has 1 fully saturated rings. The fourth-order valence-corrected chi connectivity index (χ4v) is 2.94. The Kier molecular flexibility index (Phi) is 5.43. The second kappa shape index (κ2) is 7.93. The Balaban J connectivity index is 1.54. The Morgan fingerprint density at radius 1 is 1.08 bits per heavy atom. The van der Waals surface area contributed by atoms with Gasteiger partial charge >= 0.3 is 0 Å². The number of rotatable bonds is 5. The molecule has 1 N–H and O–H groups in total. The predicted octanol–water partition coefficient (Wildman–Crippen LogP) is 2.40. The highest BCUT2D eigenvalue weighted by Gasteiger charge is 2.16. The number of nitrogens with zero attached hydrogens (tertiary/aromatic N) is 3. The van der Waals surface area contributed by atoms with Crippen molar-refractivity contribution in [1.29, 1.82) is 0 Å². The highest BCUT2D eigenvalue weighted by molar-refractivity contribution is 5.91. The molecular formula is C19H24N4O. The lowest BCUT2D eigenvalue weighted by molar-refractivity contribution is -0.115. The van der Waals surface area contributed by atoms with Crippen LogP contribution in [0.3, 0.4) is 0 Å². The lowest BCUT2D eigenvalue weighted by Gasteiger charge is -2.35. The lowest BCUT2D eigenvalue weighted by atomic mass is 10.1. The molecule has 5 heteroatoms. The van der Waals surface area contributed by atoms with E-state index in [0.29, 0.717) is 12.2 Å². The molecule has 1 saturated heterocycles. The van der Waals surface area contributed by atoms with Gasteiger partial charge in [-0.3, -0.25) is 4.79 Å². The third kappa shape index (κ3) is 4.32. The number of hydrogen-bond donors (Lipinski definition) is 1. The maximum absolute atomic E-state index is 12.1. The molecule has 0 unspecified atom stereocenters. The van der Waals surface area contributed by atoms with Crippen molar-refractivity contribution in [2.24, 2.45) is 0 Å². The van der Waals surface area contributed by atoms with Gasteiger partial charge in [-0.15, -0.1) is 0 Å². The van der Waals surface area contributed by atoms with Gasteiger partial charge in [0.15, 0.2) is 0 Å². The average molecular weight is 324 g/mol. The number of carbonyl (C=O) groups is 1. The molecule has 5 nitrogen and oxygen atoms in total. The minimum atomic E-state index is -0.0435. The highest BCUT2D eigenvalue weighted by Crippen LogP contribution is 2.17. The van der Waals surface area contributed by atoms with Crippen LogP contribution in [-0.4, -0.2) is 48.5 Å². The summed E-state index contributed by atoms with van der Waals surface area (Å²) < 4.78 is 0. The van der Waals surface area contributed by atoms with Gasteiger partial charge in [0.1, 0.15) is 5.82 Å². The number of likely N-dealkylation sites (N-methyl/N-ethyl adjacent to an activating group) is 1. The molecule has 1 aliphatic rings. The monoisotopic (exact) mass is 324 g/mol. The van der Waals surface area contributed by atoms with Crippen LogP contribution in [0.1, 0.15) is 12.5 Å². The number of carbonyl (C=O) groups excluding carboxylic acids is 1. The van der Waals surface area contributed by atoms with Crippen molar-refractivity contribution in [3.05, 3.63) is 54.2 Å². The molecule has 1 aliphatic heterocycles. The lowest BCUT2D eigenvalue weighted by Crippen LogP contribution is -2.46. The second-order valence-electron chi connectivity index (χ2n) is 6.03. The van der Waals surface area contributed by atoms with E-state index in [2.05, 4.69) is 27.0 Å². The van der Waals surface area contributed by atoms with Crippen LogP contribution >= 0.6 is 0 Å². The van der Waals surface area contributed by atoms with Crippen molar-refractivity contribution < 1.29 is 4.79 Å². The summed E-state index contributed by atoms with van der Waals surface area (Å²) in [6, 6.07) is 13.6. The largest absolute Gasteiger partial charge is 0.368 e. The summed E-state index contributed by atoms with van der Waals surface area (Å²) in [7, 11) is 0. The minimum Gasteiger partial charge on any atom is -0.368 e. The van der Waals surface area contributed by atoms with Crippen molar-refractivity contribution in [2.45, 2.75) is 13.3 Å². The van der Waals surface area contributed by atoms with Gasteiger partial charge in [0, 0.05) is 26.2 Å². The Labute approximate surface area is 143 Å². The molecule has 0 atom stereocenters. The SMILES string of the molecule is CCN1CCN(c2ccc(NC(=O)Cc3ccccc3)nc2)CC1. The van der Waals surface area contributed by atoms with E-state index in [-0.39, 0.29) is 5.91 Å². The van der Waals surface area contributed by atoms with Crippen molar-refractivity contribution in [1.82, 2.24) is 9.88 Å². The number of piperazine rings is 1. The van der Waals surface area contributed by atoms with Crippen LogP contribution < -0.4 is 10.2 Å². The molecule has 1 aromatic heterocycles. The normalized spacial score (nSPS) is 15.3. The zero-order valence-corrected chi connectivity index (χ0v) is 14.1. The number of nitrogens with one attached hydrogen (secondary N) is 1. The molecule has 0 aliphatic carbocycles. The van der Waals surface area contributed by atoms with Gasteiger partial charge in [0.25, 0.3) is 0 Å². The molecule has 1 amide bonds. The third-order valence-corrected chi connectivity index (χ3v) is 4.41. The maximum atomic E-state index is 12.1. The van der Waals surface area contributed by atoms with Crippen molar-refractivity contribution in [2.75, 3.05) is 42.9 Å². The molecule has 24 heavy (non-hydrogen) atoms. The zero-order valence-electron chi connectivity index (χ0n) is 14.1. The Morgan fingerprint density at radius 3 is 2.46 bits per heavy atom. The summed E-state index contributed by atoms with van der Waals surface area (Å²) in [5, 5.41) is 2.86. The van der Waals surface area contributed by atoms with Crippen LogP contribution in [0.4, 0.5) is 11.5 Å². The molecule has 3 rings (SSSR count). The topological polar surface area (TPSA) is 48.5 Å². The molecular weight excluding hydrogens is 300 g/mol. The molecule has 0 radical (unpaired) electrons. The van der Waals surface area contributed by atoms with Crippen LogP contribution in [0.25, 0.3) is 0 Å². The molecule has 2 aromatic rings. The summed E-state index contributed by atoms with van der Waals surface area (Å²) in [5.41, 5.74) is 2.12. The van der Waals surface area contributed by atoms with E-state index in [9.17, 15) is 4.79 Å². The molecule has 126 valence electrons. The van der Waals surface area contributed by atoms with Crippen LogP contribution in [0.15, 0.2) is 48.7 Å². The van der Waals surface area contributed by atoms with Gasteiger partial charge in [-0.1, -0.05) is 37.3 Å². The Bertz CT molecular complexity index is 649. The van der Waals surface area contributed by atoms with E-state index in [0.717, 1.165) is 44.0 Å². The first-order chi connectivity index (χ1) is 11.7. The number of anilines is 2. The highest BCUT2D eigenvalue weighted by atomic mass is 16.1. The summed E-state index contributed by atoms with van der Waals surface area (Å²) >= 11 is 0. The predicted molar refractivity (Wildman–Crippen MR) is 97.3 cm³/mol. The molecule has 2 heterocycles. The van der Waals surface area contributed by atoms with Gasteiger partial charge in [-0.05, 0) is 24.2 Å². The summed E-state index contributed by atoms with van der Waals surface area (Å²) in [6.45, 7) is 7.53. The van der Waals surface area contributed by atoms with Crippen molar-refractivity contribution in [3.63, 3.8) is 0 Å². The first kappa shape index (κ1) is 16.5. The Morgan fingerprint density at radius 2 is 1.83 bits per heavy atom. The van der Waals surface area contributed by atoms with Gasteiger partial charge < -0.3 is 15.1 Å². The number of amides is 1. The van der Waals surface area contributed by atoms with Gasteiger partial charge in [-0.25, -0.2) is 4.98 Å². The fourth-order valence-electron chi connectivity index (χ4n) is 2.94. The molecule has 1 aromatic carbocycles. The zero-order chi connectivity index (χ0) is 16.8. The number of aromatic nitrogens is 1. The van der Waals surface area contributed by atoms with E-state index < -0.39 is 0 Å². The van der Waals surface area contributed by atoms with Gasteiger partial charge in [0.2, 0.25) is 5.91 Å². The molecule has 0 bridgehead atoms. The summed E-state index contributed by atoms with van der Waals surface area (Å²) in [6.07, 6.45) is 2.21. The summed E-state index contributed by atoms with van der Waals surface area (Å²) in [4.78, 5) is 21.2. The fraction of sp³-hybridized carbons (Fsp3) is 0.368. The number of benzene rings is 1. The average Bonchev–Trinajstić information content (AvgIpc) is 2.63. The van der Waals surface area contributed by atoms with Gasteiger partial charge in [0.05, 0.1) is 18.3 Å². The number of hydrogen-bond acceptors (Lipinski definition) is 4. The maximum Gasteiger partial charge on any atom is 0.229 e. The van der Waals surface area contributed by atoms with E-state index in [1.807, 2.05) is 48.7 Å². The van der Waals surface area contributed by atoms with E-state index >= 15 is 0 Å². The third-order valence-electron chi connectivity index (χ3n) is 4.41. The van der Waals surface area contributed by atoms with Crippen LogP contribution in [0, 0.1) is 0 Å². The second-order valence-corrected chi connectivity index (χ2v) is 6.03. The van der Waals surface area contributed by atoms with E-state index in [1.165, 1.54) is 0 Å². The van der Waals surface area contributed by atoms with Crippen LogP contribution in [-0.2, 0) is 11.2 Å². The van der Waals surface area contributed by atoms with Gasteiger partial charge in [-0.2, -0.15) is 0 Å². The number of pyridine rings is 1. The van der Waals surface area contributed by atoms with E-state index in [4.69, 9.17) is 0 Å². The van der Waals surface area contributed by atoms with Crippen LogP contribution in [0.5, 0.6) is 0 Å². The minimum absolute atomic E-state index is 0.0435. The first-order valence-electron chi connectivity index (χ1n) is 8.51. The molecule has 0 saturated carbocycles. The smallest absolute Gasteiger partial charge is 0.229 e. The quantitative estimate of drug-likeness (QED) is 0.917. The molecule has 0 spiro atoms.